The van der Waals surface area contributed by atoms with E-state index < -0.39 is 0 Å². The number of carbonyl (C=O) groups excluding carboxylic acids is 2. The van der Waals surface area contributed by atoms with E-state index in [-0.39, 0.29) is 11.8 Å². The molecule has 0 aromatic heterocycles. The molecule has 0 N–H and O–H groups in total. The molecular formula is C22H23ClN2O3. The van der Waals surface area contributed by atoms with Crippen LogP contribution in [0.1, 0.15) is 17.5 Å². The van der Waals surface area contributed by atoms with Crippen molar-refractivity contribution in [3.63, 3.8) is 0 Å². The number of benzene rings is 2. The Hall–Kier alpha value is -2.63. The second-order valence-electron chi connectivity index (χ2n) is 6.68. The van der Waals surface area contributed by atoms with E-state index in [4.69, 9.17) is 16.3 Å². The van der Waals surface area contributed by atoms with E-state index in [1.807, 2.05) is 42.3 Å². The first-order valence-electron chi connectivity index (χ1n) is 9.13. The Morgan fingerprint density at radius 3 is 2.32 bits per heavy atom. The highest BCUT2D eigenvalue weighted by Crippen LogP contribution is 2.32. The van der Waals surface area contributed by atoms with Crippen molar-refractivity contribution in [1.29, 1.82) is 0 Å². The van der Waals surface area contributed by atoms with E-state index in [2.05, 4.69) is 0 Å². The van der Waals surface area contributed by atoms with Gasteiger partial charge in [0, 0.05) is 38.9 Å². The van der Waals surface area contributed by atoms with E-state index in [1.165, 1.54) is 4.90 Å². The molecule has 2 aromatic carbocycles. The summed E-state index contributed by atoms with van der Waals surface area (Å²) in [6.07, 6.45) is 0.595. The lowest BCUT2D eigenvalue weighted by molar-refractivity contribution is -0.137. The highest BCUT2D eigenvalue weighted by atomic mass is 35.5. The van der Waals surface area contributed by atoms with Crippen molar-refractivity contribution in [2.45, 2.75) is 13.0 Å². The minimum Gasteiger partial charge on any atom is -0.385 e. The SMILES string of the molecule is COCCCN1C(=O)C(c2ccc(Cl)cc2)=C(N(C)Cc2ccccc2)C1=O. The molecule has 3 rings (SSSR count). The molecule has 1 heterocycles. The number of methoxy groups -OCH3 is 1. The van der Waals surface area contributed by atoms with Crippen LogP contribution in [-0.2, 0) is 20.9 Å². The molecule has 0 fully saturated rings. The van der Waals surface area contributed by atoms with E-state index in [0.29, 0.717) is 48.0 Å². The predicted molar refractivity (Wildman–Crippen MR) is 109 cm³/mol. The van der Waals surface area contributed by atoms with Crippen molar-refractivity contribution in [1.82, 2.24) is 9.80 Å². The first-order chi connectivity index (χ1) is 13.5. The Labute approximate surface area is 170 Å². The second-order valence-corrected chi connectivity index (χ2v) is 7.12. The third kappa shape index (κ3) is 4.26. The maximum Gasteiger partial charge on any atom is 0.277 e. The van der Waals surface area contributed by atoms with Crippen molar-refractivity contribution in [3.8, 4) is 0 Å². The minimum absolute atomic E-state index is 0.274. The number of rotatable bonds is 8. The van der Waals surface area contributed by atoms with Crippen molar-refractivity contribution in [3.05, 3.63) is 76.4 Å². The van der Waals surface area contributed by atoms with Gasteiger partial charge in [-0.25, -0.2) is 0 Å². The molecule has 0 aliphatic carbocycles. The third-order valence-corrected chi connectivity index (χ3v) is 4.90. The van der Waals surface area contributed by atoms with Gasteiger partial charge in [-0.3, -0.25) is 14.5 Å². The maximum atomic E-state index is 13.1. The molecule has 2 amide bonds. The average molecular weight is 399 g/mol. The molecule has 28 heavy (non-hydrogen) atoms. The number of amides is 2. The summed E-state index contributed by atoms with van der Waals surface area (Å²) < 4.78 is 5.06. The Morgan fingerprint density at radius 1 is 1.00 bits per heavy atom. The van der Waals surface area contributed by atoms with Gasteiger partial charge in [0.1, 0.15) is 5.70 Å². The number of nitrogens with zero attached hydrogens (tertiary/aromatic N) is 2. The van der Waals surface area contributed by atoms with E-state index in [0.717, 1.165) is 5.56 Å². The number of ether oxygens (including phenoxy) is 1. The summed E-state index contributed by atoms with van der Waals surface area (Å²) in [7, 11) is 3.44. The summed E-state index contributed by atoms with van der Waals surface area (Å²) in [6.45, 7) is 1.34. The number of halogens is 1. The topological polar surface area (TPSA) is 49.9 Å². The zero-order valence-electron chi connectivity index (χ0n) is 16.0. The van der Waals surface area contributed by atoms with E-state index in [1.54, 1.807) is 31.4 Å². The van der Waals surface area contributed by atoms with Crippen LogP contribution in [0.3, 0.4) is 0 Å². The first-order valence-corrected chi connectivity index (χ1v) is 9.51. The van der Waals surface area contributed by atoms with Crippen molar-refractivity contribution >= 4 is 29.0 Å². The molecule has 0 spiro atoms. The fourth-order valence-corrected chi connectivity index (χ4v) is 3.43. The zero-order valence-corrected chi connectivity index (χ0v) is 16.8. The van der Waals surface area contributed by atoms with Gasteiger partial charge in [-0.2, -0.15) is 0 Å². The van der Waals surface area contributed by atoms with Crippen LogP contribution in [0.25, 0.3) is 5.57 Å². The van der Waals surface area contributed by atoms with Gasteiger partial charge < -0.3 is 9.64 Å². The van der Waals surface area contributed by atoms with Gasteiger partial charge in [-0.05, 0) is 29.7 Å². The van der Waals surface area contributed by atoms with Crippen LogP contribution in [0.5, 0.6) is 0 Å². The van der Waals surface area contributed by atoms with Gasteiger partial charge in [0.25, 0.3) is 11.8 Å². The van der Waals surface area contributed by atoms with Crippen LogP contribution in [-0.4, -0.2) is 48.9 Å². The van der Waals surface area contributed by atoms with E-state index >= 15 is 0 Å². The number of imide groups is 1. The smallest absolute Gasteiger partial charge is 0.277 e. The highest BCUT2D eigenvalue weighted by molar-refractivity contribution is 6.36. The van der Waals surface area contributed by atoms with Crippen molar-refractivity contribution in [2.75, 3.05) is 27.3 Å². The Morgan fingerprint density at radius 2 is 1.68 bits per heavy atom. The van der Waals surface area contributed by atoms with Gasteiger partial charge in [-0.15, -0.1) is 0 Å². The molecular weight excluding hydrogens is 376 g/mol. The zero-order chi connectivity index (χ0) is 20.1. The normalized spacial score (nSPS) is 14.2. The van der Waals surface area contributed by atoms with Crippen LogP contribution in [0.4, 0.5) is 0 Å². The first kappa shape index (κ1) is 20.1. The molecule has 5 nitrogen and oxygen atoms in total. The molecule has 0 unspecified atom stereocenters. The van der Waals surface area contributed by atoms with Crippen molar-refractivity contribution in [2.24, 2.45) is 0 Å². The van der Waals surface area contributed by atoms with Gasteiger partial charge in [-0.1, -0.05) is 54.1 Å². The number of carbonyl (C=O) groups is 2. The van der Waals surface area contributed by atoms with Crippen molar-refractivity contribution < 1.29 is 14.3 Å². The van der Waals surface area contributed by atoms with Crippen LogP contribution in [0, 0.1) is 0 Å². The summed E-state index contributed by atoms with van der Waals surface area (Å²) in [6, 6.07) is 16.9. The van der Waals surface area contributed by atoms with Gasteiger partial charge >= 0.3 is 0 Å². The lowest BCUT2D eigenvalue weighted by Crippen LogP contribution is -2.35. The summed E-state index contributed by atoms with van der Waals surface area (Å²) in [5, 5.41) is 0.581. The molecule has 6 heteroatoms. The molecule has 0 bridgehead atoms. The quantitative estimate of drug-likeness (QED) is 0.503. The second kappa shape index (κ2) is 9.04. The average Bonchev–Trinajstić information content (AvgIpc) is 2.94. The lowest BCUT2D eigenvalue weighted by Gasteiger charge is -2.21. The molecule has 0 saturated heterocycles. The molecule has 1 aliphatic heterocycles. The molecule has 0 radical (unpaired) electrons. The lowest BCUT2D eigenvalue weighted by atomic mass is 10.0. The van der Waals surface area contributed by atoms with Gasteiger partial charge in [0.05, 0.1) is 5.57 Å². The fourth-order valence-electron chi connectivity index (χ4n) is 3.30. The number of hydrogen-bond donors (Lipinski definition) is 0. The Kier molecular flexibility index (Phi) is 6.49. The number of hydrogen-bond acceptors (Lipinski definition) is 4. The summed E-state index contributed by atoms with van der Waals surface area (Å²) in [4.78, 5) is 29.4. The monoisotopic (exact) mass is 398 g/mol. The highest BCUT2D eigenvalue weighted by Gasteiger charge is 2.40. The maximum absolute atomic E-state index is 13.1. The van der Waals surface area contributed by atoms with Gasteiger partial charge in [0.15, 0.2) is 0 Å². The summed E-state index contributed by atoms with van der Waals surface area (Å²) in [5.74, 6) is -0.553. The van der Waals surface area contributed by atoms with Gasteiger partial charge in [0.2, 0.25) is 0 Å². The summed E-state index contributed by atoms with van der Waals surface area (Å²) in [5.41, 5.74) is 2.57. The molecule has 146 valence electrons. The Balaban J connectivity index is 1.96. The summed E-state index contributed by atoms with van der Waals surface area (Å²) >= 11 is 6.00. The molecule has 2 aromatic rings. The van der Waals surface area contributed by atoms with Crippen LogP contribution in [0.15, 0.2) is 60.3 Å². The third-order valence-electron chi connectivity index (χ3n) is 4.65. The minimum atomic E-state index is -0.279. The molecule has 0 saturated carbocycles. The number of likely N-dealkylation sites (N-methyl/N-ethyl adjacent to an activating group) is 1. The Bertz CT molecular complexity index is 878. The largest absolute Gasteiger partial charge is 0.385 e. The predicted octanol–water partition coefficient (Wildman–Crippen LogP) is 3.59. The standard InChI is InChI=1S/C22H23ClN2O3/c1-24(15-16-7-4-3-5-8-16)20-19(17-9-11-18(23)12-10-17)21(26)25(22(20)27)13-6-14-28-2/h3-5,7-12H,6,13-15H2,1-2H3. The molecule has 0 atom stereocenters. The van der Waals surface area contributed by atoms with Crippen LogP contribution < -0.4 is 0 Å². The van der Waals surface area contributed by atoms with Crippen LogP contribution in [0.2, 0.25) is 5.02 Å². The molecule has 1 aliphatic rings. The van der Waals surface area contributed by atoms with Crippen LogP contribution >= 0.6 is 11.6 Å². The van der Waals surface area contributed by atoms with E-state index in [9.17, 15) is 9.59 Å². The fraction of sp³-hybridized carbons (Fsp3) is 0.273.